The Hall–Kier alpha value is 0.120. The fourth-order valence-electron chi connectivity index (χ4n) is 1.60. The van der Waals surface area contributed by atoms with Crippen LogP contribution in [0.2, 0.25) is 0 Å². The third kappa shape index (κ3) is 4.55. The molecule has 1 atom stereocenters. The van der Waals surface area contributed by atoms with E-state index in [-0.39, 0.29) is 18.4 Å². The average Bonchev–Trinajstić information content (AvgIpc) is 2.17. The Labute approximate surface area is 104 Å². The molecule has 7 heteroatoms. The van der Waals surface area contributed by atoms with Crippen LogP contribution in [0.15, 0.2) is 0 Å². The lowest BCUT2D eigenvalue weighted by Crippen LogP contribution is -2.49. The SMILES string of the molecule is CC1CCN(S(=O)(=O)N[C@H](C)CN)CC1.Cl. The van der Waals surface area contributed by atoms with Crippen LogP contribution in [0.4, 0.5) is 0 Å². The molecule has 1 aliphatic heterocycles. The van der Waals surface area contributed by atoms with E-state index in [1.54, 1.807) is 6.92 Å². The van der Waals surface area contributed by atoms with Crippen molar-refractivity contribution < 1.29 is 8.42 Å². The summed E-state index contributed by atoms with van der Waals surface area (Å²) in [6.07, 6.45) is 1.88. The van der Waals surface area contributed by atoms with Gasteiger partial charge in [-0.3, -0.25) is 0 Å². The van der Waals surface area contributed by atoms with Crippen molar-refractivity contribution in [3.8, 4) is 0 Å². The Bertz CT molecular complexity index is 289. The summed E-state index contributed by atoms with van der Waals surface area (Å²) in [6.45, 7) is 5.48. The fraction of sp³-hybridized carbons (Fsp3) is 1.00. The summed E-state index contributed by atoms with van der Waals surface area (Å²) in [5.41, 5.74) is 5.39. The molecule has 0 aliphatic carbocycles. The monoisotopic (exact) mass is 271 g/mol. The molecule has 0 amide bonds. The first-order valence-electron chi connectivity index (χ1n) is 5.43. The minimum absolute atomic E-state index is 0. The average molecular weight is 272 g/mol. The second kappa shape index (κ2) is 6.76. The quantitative estimate of drug-likeness (QED) is 0.773. The van der Waals surface area contributed by atoms with Gasteiger partial charge in [0.05, 0.1) is 0 Å². The minimum Gasteiger partial charge on any atom is -0.329 e. The predicted octanol–water partition coefficient (Wildman–Crippen LogP) is 0.322. The van der Waals surface area contributed by atoms with Crippen molar-refractivity contribution in [1.82, 2.24) is 9.03 Å². The van der Waals surface area contributed by atoms with Crippen molar-refractivity contribution in [2.45, 2.75) is 32.7 Å². The summed E-state index contributed by atoms with van der Waals surface area (Å²) in [5, 5.41) is 0. The predicted molar refractivity (Wildman–Crippen MR) is 67.8 cm³/mol. The highest BCUT2D eigenvalue weighted by atomic mass is 35.5. The molecule has 0 aromatic rings. The molecule has 0 aromatic heterocycles. The molecular weight excluding hydrogens is 250 g/mol. The summed E-state index contributed by atoms with van der Waals surface area (Å²) in [7, 11) is -3.31. The number of hydrogen-bond acceptors (Lipinski definition) is 3. The number of nitrogens with zero attached hydrogens (tertiary/aromatic N) is 1. The van der Waals surface area contributed by atoms with E-state index in [1.165, 1.54) is 4.31 Å². The normalized spacial score (nSPS) is 21.4. The number of hydrogen-bond donors (Lipinski definition) is 2. The standard InChI is InChI=1S/C9H21N3O2S.ClH/c1-8-3-5-12(6-4-8)15(13,14)11-9(2)7-10;/h8-9,11H,3-7,10H2,1-2H3;1H/t9-;/m1./s1. The zero-order valence-electron chi connectivity index (χ0n) is 9.85. The van der Waals surface area contributed by atoms with E-state index in [2.05, 4.69) is 11.6 Å². The maximum absolute atomic E-state index is 11.8. The first-order chi connectivity index (χ1) is 6.95. The summed E-state index contributed by atoms with van der Waals surface area (Å²) >= 11 is 0. The van der Waals surface area contributed by atoms with Crippen molar-refractivity contribution in [1.29, 1.82) is 0 Å². The number of nitrogens with one attached hydrogen (secondary N) is 1. The lowest BCUT2D eigenvalue weighted by Gasteiger charge is -2.30. The van der Waals surface area contributed by atoms with E-state index < -0.39 is 10.2 Å². The smallest absolute Gasteiger partial charge is 0.279 e. The zero-order chi connectivity index (χ0) is 11.5. The van der Waals surface area contributed by atoms with Gasteiger partial charge in [-0.25, -0.2) is 0 Å². The molecule has 1 aliphatic rings. The largest absolute Gasteiger partial charge is 0.329 e. The third-order valence-corrected chi connectivity index (χ3v) is 4.53. The molecule has 16 heavy (non-hydrogen) atoms. The number of rotatable bonds is 4. The van der Waals surface area contributed by atoms with Gasteiger partial charge < -0.3 is 5.73 Å². The van der Waals surface area contributed by atoms with Gasteiger partial charge in [0.2, 0.25) is 0 Å². The van der Waals surface area contributed by atoms with Gasteiger partial charge in [-0.1, -0.05) is 6.92 Å². The molecule has 0 spiro atoms. The molecule has 1 rings (SSSR count). The van der Waals surface area contributed by atoms with Gasteiger partial charge in [-0.15, -0.1) is 12.4 Å². The lowest BCUT2D eigenvalue weighted by molar-refractivity contribution is 0.284. The van der Waals surface area contributed by atoms with Crippen molar-refractivity contribution in [2.75, 3.05) is 19.6 Å². The molecule has 1 heterocycles. The first kappa shape index (κ1) is 16.1. The maximum Gasteiger partial charge on any atom is 0.279 e. The Morgan fingerprint density at radius 1 is 1.44 bits per heavy atom. The molecule has 0 unspecified atom stereocenters. The van der Waals surface area contributed by atoms with Gasteiger partial charge in [-0.2, -0.15) is 17.4 Å². The van der Waals surface area contributed by atoms with Gasteiger partial charge in [0.25, 0.3) is 10.2 Å². The van der Waals surface area contributed by atoms with Crippen LogP contribution in [-0.4, -0.2) is 38.4 Å². The Morgan fingerprint density at radius 3 is 2.38 bits per heavy atom. The summed E-state index contributed by atoms with van der Waals surface area (Å²) in [6, 6.07) is -0.200. The Kier molecular flexibility index (Phi) is 6.81. The molecule has 5 nitrogen and oxygen atoms in total. The summed E-state index contributed by atoms with van der Waals surface area (Å²) in [4.78, 5) is 0. The summed E-state index contributed by atoms with van der Waals surface area (Å²) < 4.78 is 27.7. The van der Waals surface area contributed by atoms with Crippen molar-refractivity contribution >= 4 is 22.6 Å². The van der Waals surface area contributed by atoms with Gasteiger partial charge in [0.1, 0.15) is 0 Å². The Morgan fingerprint density at radius 2 is 1.94 bits per heavy atom. The topological polar surface area (TPSA) is 75.4 Å². The molecule has 0 aromatic carbocycles. The van der Waals surface area contributed by atoms with Crippen molar-refractivity contribution in [3.05, 3.63) is 0 Å². The summed E-state index contributed by atoms with van der Waals surface area (Å²) in [5.74, 6) is 0.628. The van der Waals surface area contributed by atoms with Crippen LogP contribution in [0.1, 0.15) is 26.7 Å². The second-order valence-corrected chi connectivity index (χ2v) is 6.04. The molecule has 98 valence electrons. The lowest BCUT2D eigenvalue weighted by atomic mass is 10.0. The molecule has 1 saturated heterocycles. The third-order valence-electron chi connectivity index (χ3n) is 2.79. The van der Waals surface area contributed by atoms with E-state index in [0.717, 1.165) is 12.8 Å². The van der Waals surface area contributed by atoms with Crippen LogP contribution in [-0.2, 0) is 10.2 Å². The number of halogens is 1. The van der Waals surface area contributed by atoms with Crippen LogP contribution in [0, 0.1) is 5.92 Å². The molecule has 3 N–H and O–H groups in total. The highest BCUT2D eigenvalue weighted by Crippen LogP contribution is 2.17. The second-order valence-electron chi connectivity index (χ2n) is 4.34. The fourth-order valence-corrected chi connectivity index (χ4v) is 3.05. The van der Waals surface area contributed by atoms with E-state index in [0.29, 0.717) is 25.6 Å². The highest BCUT2D eigenvalue weighted by Gasteiger charge is 2.26. The van der Waals surface area contributed by atoms with Crippen molar-refractivity contribution in [3.63, 3.8) is 0 Å². The van der Waals surface area contributed by atoms with Gasteiger partial charge in [0, 0.05) is 25.7 Å². The minimum atomic E-state index is -3.31. The molecule has 0 saturated carbocycles. The molecule has 0 bridgehead atoms. The van der Waals surface area contributed by atoms with Crippen LogP contribution < -0.4 is 10.5 Å². The van der Waals surface area contributed by atoms with E-state index in [9.17, 15) is 8.42 Å². The number of nitrogens with two attached hydrogens (primary N) is 1. The van der Waals surface area contributed by atoms with Crippen molar-refractivity contribution in [2.24, 2.45) is 11.7 Å². The van der Waals surface area contributed by atoms with Gasteiger partial charge in [-0.05, 0) is 25.7 Å². The highest BCUT2D eigenvalue weighted by molar-refractivity contribution is 7.87. The van der Waals surface area contributed by atoms with Crippen LogP contribution >= 0.6 is 12.4 Å². The van der Waals surface area contributed by atoms with Crippen LogP contribution in [0.25, 0.3) is 0 Å². The molecule has 1 fully saturated rings. The zero-order valence-corrected chi connectivity index (χ0v) is 11.5. The number of piperidine rings is 1. The van der Waals surface area contributed by atoms with E-state index in [1.807, 2.05) is 0 Å². The first-order valence-corrected chi connectivity index (χ1v) is 6.87. The Balaban J connectivity index is 0.00000225. The van der Waals surface area contributed by atoms with Gasteiger partial charge in [0.15, 0.2) is 0 Å². The molecular formula is C9H22ClN3O2S. The van der Waals surface area contributed by atoms with Crippen LogP contribution in [0.5, 0.6) is 0 Å². The van der Waals surface area contributed by atoms with E-state index >= 15 is 0 Å². The maximum atomic E-state index is 11.8. The van der Waals surface area contributed by atoms with Gasteiger partial charge >= 0.3 is 0 Å². The van der Waals surface area contributed by atoms with Crippen LogP contribution in [0.3, 0.4) is 0 Å². The molecule has 0 radical (unpaired) electrons. The van der Waals surface area contributed by atoms with E-state index in [4.69, 9.17) is 5.73 Å².